The molecule has 0 bridgehead atoms. The maximum atomic E-state index is 12.7. The molecule has 0 aliphatic rings. The van der Waals surface area contributed by atoms with Crippen molar-refractivity contribution in [3.05, 3.63) is 69.2 Å². The highest BCUT2D eigenvalue weighted by molar-refractivity contribution is 9.10. The lowest BCUT2D eigenvalue weighted by molar-refractivity contribution is 0.112. The van der Waals surface area contributed by atoms with Gasteiger partial charge in [0.1, 0.15) is 30.1 Å². The van der Waals surface area contributed by atoms with Crippen LogP contribution in [-0.4, -0.2) is 6.29 Å². The molecule has 0 fully saturated rings. The van der Waals surface area contributed by atoms with Crippen LogP contribution in [-0.2, 0) is 0 Å². The van der Waals surface area contributed by atoms with Crippen molar-refractivity contribution >= 4 is 22.2 Å². The fourth-order valence-electron chi connectivity index (χ4n) is 1.28. The van der Waals surface area contributed by atoms with Gasteiger partial charge in [0, 0.05) is 10.0 Å². The quantitative estimate of drug-likeness (QED) is 0.732. The second kappa shape index (κ2) is 7.88. The van der Waals surface area contributed by atoms with E-state index in [1.807, 2.05) is 0 Å². The van der Waals surface area contributed by atoms with Gasteiger partial charge in [0.2, 0.25) is 0 Å². The number of aldehydes is 1. The molecule has 0 atom stereocenters. The molecule has 0 amide bonds. The number of nitrogens with zero attached hydrogens (tertiary/aromatic N) is 2. The minimum atomic E-state index is -0.655. The molecule has 0 heterocycles. The molecule has 104 valence electrons. The van der Waals surface area contributed by atoms with Crippen LogP contribution in [0.25, 0.3) is 0 Å². The first-order valence-electron chi connectivity index (χ1n) is 5.51. The van der Waals surface area contributed by atoms with Crippen molar-refractivity contribution < 1.29 is 13.6 Å². The van der Waals surface area contributed by atoms with E-state index in [1.54, 1.807) is 18.2 Å². The van der Waals surface area contributed by atoms with Crippen molar-refractivity contribution in [2.45, 2.75) is 0 Å². The number of benzene rings is 2. The first-order chi connectivity index (χ1) is 10.0. The highest BCUT2D eigenvalue weighted by Gasteiger charge is 2.00. The summed E-state index contributed by atoms with van der Waals surface area (Å²) in [5, 5.41) is 16.6. The lowest BCUT2D eigenvalue weighted by atomic mass is 10.1. The van der Waals surface area contributed by atoms with Crippen LogP contribution in [0.2, 0.25) is 0 Å². The zero-order valence-corrected chi connectivity index (χ0v) is 12.1. The van der Waals surface area contributed by atoms with E-state index in [4.69, 9.17) is 10.5 Å². The van der Waals surface area contributed by atoms with Crippen molar-refractivity contribution in [1.82, 2.24) is 0 Å². The minimum Gasteiger partial charge on any atom is -0.298 e. The Morgan fingerprint density at radius 1 is 0.952 bits per heavy atom. The van der Waals surface area contributed by atoms with Gasteiger partial charge < -0.3 is 0 Å². The third kappa shape index (κ3) is 4.79. The summed E-state index contributed by atoms with van der Waals surface area (Å²) in [6.07, 6.45) is 0.532. The third-order valence-corrected chi connectivity index (χ3v) is 2.79. The zero-order chi connectivity index (χ0) is 15.8. The molecule has 0 aromatic heterocycles. The number of hydrogen-bond donors (Lipinski definition) is 0. The highest BCUT2D eigenvalue weighted by Crippen LogP contribution is 2.13. The molecule has 3 nitrogen and oxygen atoms in total. The molecule has 2 aromatic rings. The highest BCUT2D eigenvalue weighted by atomic mass is 79.9. The summed E-state index contributed by atoms with van der Waals surface area (Å²) < 4.78 is 25.9. The van der Waals surface area contributed by atoms with Crippen LogP contribution in [0.4, 0.5) is 8.78 Å². The second-order valence-electron chi connectivity index (χ2n) is 3.70. The standard InChI is InChI=1S/C8H4FNO.C7H3BrFN/c9-8-3-6(5-11)1-2-7(8)4-10;8-6-2-1-5(4-10)7(9)3-6/h1-3,5H;1-3H. The van der Waals surface area contributed by atoms with Crippen LogP contribution in [0.5, 0.6) is 0 Å². The monoisotopic (exact) mass is 348 g/mol. The zero-order valence-electron chi connectivity index (χ0n) is 10.5. The smallest absolute Gasteiger partial charge is 0.150 e. The minimum absolute atomic E-state index is 0.0457. The predicted octanol–water partition coefficient (Wildman–Crippen LogP) is 3.97. The maximum Gasteiger partial charge on any atom is 0.150 e. The van der Waals surface area contributed by atoms with Crippen LogP contribution in [0.15, 0.2) is 40.9 Å². The topological polar surface area (TPSA) is 64.7 Å². The summed E-state index contributed by atoms with van der Waals surface area (Å²) in [6.45, 7) is 0. The van der Waals surface area contributed by atoms with Gasteiger partial charge in [-0.15, -0.1) is 0 Å². The van der Waals surface area contributed by atoms with Gasteiger partial charge in [-0.05, 0) is 30.3 Å². The van der Waals surface area contributed by atoms with Crippen LogP contribution in [0.3, 0.4) is 0 Å². The van der Waals surface area contributed by atoms with Crippen molar-refractivity contribution in [3.8, 4) is 12.1 Å². The summed E-state index contributed by atoms with van der Waals surface area (Å²) in [5.74, 6) is -1.14. The molecular weight excluding hydrogens is 342 g/mol. The molecule has 0 saturated heterocycles. The molecule has 0 radical (unpaired) electrons. The Bertz CT molecular complexity index is 748. The van der Waals surface area contributed by atoms with Gasteiger partial charge in [0.15, 0.2) is 0 Å². The van der Waals surface area contributed by atoms with Crippen LogP contribution >= 0.6 is 15.9 Å². The number of nitriles is 2. The normalized spacial score (nSPS) is 8.81. The van der Waals surface area contributed by atoms with E-state index in [2.05, 4.69) is 15.9 Å². The van der Waals surface area contributed by atoms with E-state index < -0.39 is 11.6 Å². The van der Waals surface area contributed by atoms with Gasteiger partial charge in [-0.3, -0.25) is 4.79 Å². The van der Waals surface area contributed by atoms with Gasteiger partial charge in [-0.1, -0.05) is 22.0 Å². The number of rotatable bonds is 1. The number of carbonyl (C=O) groups excluding carboxylic acids is 1. The molecule has 0 spiro atoms. The van der Waals surface area contributed by atoms with Crippen LogP contribution in [0, 0.1) is 34.3 Å². The number of carbonyl (C=O) groups is 1. The van der Waals surface area contributed by atoms with E-state index in [1.165, 1.54) is 24.3 Å². The predicted molar refractivity (Wildman–Crippen MR) is 75.3 cm³/mol. The Morgan fingerprint density at radius 2 is 1.48 bits per heavy atom. The fourth-order valence-corrected chi connectivity index (χ4v) is 1.61. The third-order valence-electron chi connectivity index (χ3n) is 2.30. The van der Waals surface area contributed by atoms with E-state index in [9.17, 15) is 13.6 Å². The summed E-state index contributed by atoms with van der Waals surface area (Å²) in [6, 6.07) is 11.4. The first kappa shape index (κ1) is 16.5. The van der Waals surface area contributed by atoms with Crippen molar-refractivity contribution in [1.29, 1.82) is 10.5 Å². The van der Waals surface area contributed by atoms with Crippen molar-refractivity contribution in [3.63, 3.8) is 0 Å². The molecular formula is C15H7BrF2N2O. The SMILES string of the molecule is N#Cc1ccc(Br)cc1F.N#Cc1ccc(C=O)cc1F. The molecule has 6 heteroatoms. The molecule has 0 unspecified atom stereocenters. The van der Waals surface area contributed by atoms with Gasteiger partial charge in [-0.25, -0.2) is 8.78 Å². The summed E-state index contributed by atoms with van der Waals surface area (Å²) >= 11 is 3.08. The maximum absolute atomic E-state index is 12.7. The summed E-state index contributed by atoms with van der Waals surface area (Å²) in [7, 11) is 0. The Labute approximate surface area is 128 Å². The Balaban J connectivity index is 0.000000211. The molecule has 0 N–H and O–H groups in total. The largest absolute Gasteiger partial charge is 0.298 e. The van der Waals surface area contributed by atoms with E-state index >= 15 is 0 Å². The van der Waals surface area contributed by atoms with Crippen molar-refractivity contribution in [2.75, 3.05) is 0 Å². The molecule has 2 aromatic carbocycles. The van der Waals surface area contributed by atoms with E-state index in [-0.39, 0.29) is 16.7 Å². The Kier molecular flexibility index (Phi) is 6.19. The number of hydrogen-bond acceptors (Lipinski definition) is 3. The van der Waals surface area contributed by atoms with E-state index in [0.717, 1.165) is 6.07 Å². The van der Waals surface area contributed by atoms with Crippen molar-refractivity contribution in [2.24, 2.45) is 0 Å². The van der Waals surface area contributed by atoms with Gasteiger partial charge in [0.05, 0.1) is 11.1 Å². The molecule has 2 rings (SSSR count). The fraction of sp³-hybridized carbons (Fsp3) is 0. The van der Waals surface area contributed by atoms with Crippen LogP contribution < -0.4 is 0 Å². The molecule has 0 aliphatic heterocycles. The lowest BCUT2D eigenvalue weighted by Gasteiger charge is -1.92. The summed E-state index contributed by atoms with van der Waals surface area (Å²) in [4.78, 5) is 10.1. The Morgan fingerprint density at radius 3 is 1.90 bits per heavy atom. The lowest BCUT2D eigenvalue weighted by Crippen LogP contribution is -1.86. The van der Waals surface area contributed by atoms with Crippen LogP contribution in [0.1, 0.15) is 21.5 Å². The second-order valence-corrected chi connectivity index (χ2v) is 4.62. The van der Waals surface area contributed by atoms with Gasteiger partial charge in [0.25, 0.3) is 0 Å². The van der Waals surface area contributed by atoms with Gasteiger partial charge in [-0.2, -0.15) is 10.5 Å². The first-order valence-corrected chi connectivity index (χ1v) is 6.31. The summed E-state index contributed by atoms with van der Waals surface area (Å²) in [5.41, 5.74) is 0.264. The molecule has 21 heavy (non-hydrogen) atoms. The molecule has 0 saturated carbocycles. The Hall–Kier alpha value is -2.57. The average molecular weight is 349 g/mol. The van der Waals surface area contributed by atoms with Gasteiger partial charge >= 0.3 is 0 Å². The average Bonchev–Trinajstić information content (AvgIpc) is 2.48. The number of halogens is 3. The molecule has 0 aliphatic carbocycles. The van der Waals surface area contributed by atoms with E-state index in [0.29, 0.717) is 10.8 Å².